The number of primary amides is 3. The highest BCUT2D eigenvalue weighted by molar-refractivity contribution is 7.14. The van der Waals surface area contributed by atoms with Crippen molar-refractivity contribution in [3.63, 3.8) is 0 Å². The molecule has 6 rings (SSSR count). The molecule has 0 saturated carbocycles. The number of imidazole rings is 1. The summed E-state index contributed by atoms with van der Waals surface area (Å²) < 4.78 is 30.6. The summed E-state index contributed by atoms with van der Waals surface area (Å²) >= 11 is 2.67. The van der Waals surface area contributed by atoms with E-state index in [2.05, 4.69) is 61.8 Å². The van der Waals surface area contributed by atoms with E-state index in [0.29, 0.717) is 35.8 Å². The summed E-state index contributed by atoms with van der Waals surface area (Å²) in [5, 5.41) is 75.5. The van der Waals surface area contributed by atoms with Gasteiger partial charge < -0.3 is 126 Å². The minimum absolute atomic E-state index is 0.00496. The van der Waals surface area contributed by atoms with Crippen LogP contribution in [0.1, 0.15) is 123 Å². The van der Waals surface area contributed by atoms with Gasteiger partial charge in [0, 0.05) is 55.8 Å². The molecule has 0 bridgehead atoms. The van der Waals surface area contributed by atoms with E-state index in [9.17, 15) is 59.1 Å². The van der Waals surface area contributed by atoms with Gasteiger partial charge in [0.25, 0.3) is 11.8 Å². The van der Waals surface area contributed by atoms with Crippen molar-refractivity contribution in [1.82, 2.24) is 56.8 Å². The Kier molecular flexibility index (Phi) is 29.9. The topological polar surface area (TPSA) is 618 Å². The number of nitrogens with two attached hydrogens (primary N) is 7. The number of anilines is 1. The first kappa shape index (κ1) is 78.8. The Morgan fingerprint density at radius 3 is 2.16 bits per heavy atom. The van der Waals surface area contributed by atoms with Crippen LogP contribution in [0.25, 0.3) is 10.6 Å². The molecule has 2 fully saturated rings. The third kappa shape index (κ3) is 21.9. The molecule has 39 heteroatoms. The van der Waals surface area contributed by atoms with Crippen molar-refractivity contribution in [3.05, 3.63) is 63.2 Å². The lowest BCUT2D eigenvalue weighted by Gasteiger charge is -2.48. The van der Waals surface area contributed by atoms with Crippen LogP contribution in [0.3, 0.4) is 0 Å². The Labute approximate surface area is 571 Å². The molecule has 0 aliphatic carbocycles. The van der Waals surface area contributed by atoms with Crippen LogP contribution in [0, 0.1) is 17.8 Å². The molecule has 542 valence electrons. The first-order valence-electron chi connectivity index (χ1n) is 31.6. The lowest BCUT2D eigenvalue weighted by Crippen LogP contribution is -2.63. The van der Waals surface area contributed by atoms with Crippen LogP contribution >= 0.6 is 22.7 Å². The molecule has 4 aromatic rings. The molecule has 0 aromatic carbocycles. The van der Waals surface area contributed by atoms with E-state index in [1.807, 2.05) is 19.2 Å². The molecule has 37 nitrogen and oxygen atoms in total. The van der Waals surface area contributed by atoms with E-state index >= 15 is 4.79 Å². The number of amides is 8. The second-order valence-corrected chi connectivity index (χ2v) is 25.7. The number of aromatic amines is 1. The maximum atomic E-state index is 15.2. The van der Waals surface area contributed by atoms with Gasteiger partial charge in [-0.05, 0) is 57.4 Å². The second-order valence-electron chi connectivity index (χ2n) is 23.9. The number of rotatable bonds is 37. The van der Waals surface area contributed by atoms with Gasteiger partial charge in [-0.25, -0.2) is 24.7 Å². The number of hydrogen-bond donors (Lipinski definition) is 19. The molecule has 8 amide bonds. The fourth-order valence-electron chi connectivity index (χ4n) is 10.7. The SMILES string of the molecule is CC[C@@H]1OC(OC(c2cnc[nH]2)C(NC(=O)c2cc(N)nc(C(CC(N)=O)NCC(N)C(N)=O)n2)C(=O)NC(C)C(O)C(C)C(=O)NC(C(=O)NCCc2nc(-c3cc(C(=O)NCCCCCN=C(N)N)cs3)cs2)C(C)O)[C@@H](OC2O[C@H](CO)[C@@H](O)[C@H](OC(N)=O)[C@@H]2O)[C@@H](C)[C@@H]1C. The van der Waals surface area contributed by atoms with Crippen LogP contribution in [0.5, 0.6) is 0 Å². The number of ether oxygens (including phenoxy) is 5. The van der Waals surface area contributed by atoms with Crippen LogP contribution in [0.15, 0.2) is 40.4 Å². The van der Waals surface area contributed by atoms with E-state index in [1.165, 1.54) is 56.0 Å². The maximum absolute atomic E-state index is 15.2. The third-order valence-corrected chi connectivity index (χ3v) is 18.4. The molecule has 19 atom stereocenters. The van der Waals surface area contributed by atoms with Gasteiger partial charge in [0.05, 0.1) is 88.3 Å². The number of nitrogens with zero attached hydrogens (tertiary/aromatic N) is 5. The lowest BCUT2D eigenvalue weighted by atomic mass is 9.82. The monoisotopic (exact) mass is 1420 g/mol. The van der Waals surface area contributed by atoms with Crippen LogP contribution in [-0.2, 0) is 54.1 Å². The fraction of sp³-hybridized carbons (Fsp3) is 0.610. The summed E-state index contributed by atoms with van der Waals surface area (Å²) in [4.78, 5) is 131. The van der Waals surface area contributed by atoms with Crippen molar-refractivity contribution in [1.29, 1.82) is 0 Å². The molecule has 11 unspecified atom stereocenters. The number of nitrogen functional groups attached to an aromatic ring is 1. The molecular weight excluding hydrogens is 1330 g/mol. The Bertz CT molecular complexity index is 3340. The molecule has 98 heavy (non-hydrogen) atoms. The smallest absolute Gasteiger partial charge is 0.404 e. The number of unbranched alkanes of at least 4 members (excludes halogenated alkanes) is 2. The minimum atomic E-state index is -1.97. The standard InChI is InChI=1S/C59H91N19O18S2/c1-7-35-24(2)25(3)46(94-56-45(84)48(96-59(66)91)44(83)36(20-79)93-56)57(92-35)95-47(33-19-67-23-72-33)42(78-53(88)32-16-38(61)76-50(75-32)31(17-39(62)81)71-18-30(60)49(63)85)55(90)73-27(5)43(82)26(4)51(86)77-41(28(6)80)54(89)69-14-11-40-74-34(22-98-40)37-15-29(21-97-37)52(87)68-12-9-8-10-13-70-58(64)65/h15-16,19,21-28,30-31,35-36,41-48,56-57,71,79-80,82-84H,7-14,17-18,20,60H2,1-6H3,(H2,62,81)(H2,63,85)(H2,66,91)(H,67,72)(H,68,87)(H,69,89)(H,73,90)(H,77,86)(H,78,88)(H2,61,75,76)(H4,64,65,70)/t24-,25-,26?,27?,28?,30?,31?,35-,36+,41?,42?,43?,44+,45-,46-,47?,48-,56?,57?/m0/s1. The van der Waals surface area contributed by atoms with E-state index < -0.39 is 170 Å². The second kappa shape index (κ2) is 37.1. The fourth-order valence-corrected chi connectivity index (χ4v) is 12.5. The number of guanidine groups is 1. The number of aliphatic imine (C=N–C) groups is 1. The van der Waals surface area contributed by atoms with E-state index in [0.717, 1.165) is 30.2 Å². The maximum Gasteiger partial charge on any atom is 0.404 e. The van der Waals surface area contributed by atoms with Crippen LogP contribution in [-0.4, -0.2) is 222 Å². The molecule has 2 aliphatic rings. The Hall–Kier alpha value is -8.19. The minimum Gasteiger partial charge on any atom is -0.441 e. The Balaban J connectivity index is 1.22. The first-order chi connectivity index (χ1) is 46.4. The number of aliphatic hydroxyl groups excluding tert-OH is 5. The molecule has 6 heterocycles. The largest absolute Gasteiger partial charge is 0.441 e. The van der Waals surface area contributed by atoms with Gasteiger partial charge >= 0.3 is 6.09 Å². The summed E-state index contributed by atoms with van der Waals surface area (Å²) in [5.41, 5.74) is 39.5. The average molecular weight is 1420 g/mol. The van der Waals surface area contributed by atoms with E-state index in [-0.39, 0.29) is 54.6 Å². The summed E-state index contributed by atoms with van der Waals surface area (Å²) in [6.45, 7) is 9.19. The van der Waals surface area contributed by atoms with Gasteiger partial charge in [-0.3, -0.25) is 38.6 Å². The van der Waals surface area contributed by atoms with Gasteiger partial charge in [0.2, 0.25) is 29.5 Å². The van der Waals surface area contributed by atoms with Gasteiger partial charge in [0.15, 0.2) is 24.6 Å². The first-order valence-corrected chi connectivity index (χ1v) is 33.4. The number of aromatic nitrogens is 5. The zero-order valence-electron chi connectivity index (χ0n) is 54.8. The van der Waals surface area contributed by atoms with Crippen molar-refractivity contribution < 1.29 is 87.6 Å². The highest BCUT2D eigenvalue weighted by Gasteiger charge is 2.52. The number of carbonyl (C=O) groups excluding carboxylic acids is 8. The van der Waals surface area contributed by atoms with Crippen molar-refractivity contribution in [2.45, 2.75) is 178 Å². The van der Waals surface area contributed by atoms with Crippen molar-refractivity contribution >= 4 is 81.9 Å². The lowest BCUT2D eigenvalue weighted by molar-refractivity contribution is -0.360. The van der Waals surface area contributed by atoms with Crippen molar-refractivity contribution in [2.75, 3.05) is 38.5 Å². The summed E-state index contributed by atoms with van der Waals surface area (Å²) in [6.07, 6.45) is -13.6. The number of thiophene rings is 1. The number of aliphatic hydroxyl groups is 5. The molecule has 0 radical (unpaired) electrons. The van der Waals surface area contributed by atoms with Gasteiger partial charge in [0.1, 0.15) is 59.9 Å². The third-order valence-electron chi connectivity index (χ3n) is 16.5. The summed E-state index contributed by atoms with van der Waals surface area (Å²) in [6, 6.07) is -4.61. The van der Waals surface area contributed by atoms with Gasteiger partial charge in [-0.15, -0.1) is 22.7 Å². The average Bonchev–Trinajstić information content (AvgIpc) is 1.45. The number of nitrogens with one attached hydrogen (secondary N) is 7. The number of carbonyl (C=O) groups is 8. The molecule has 26 N–H and O–H groups in total. The Morgan fingerprint density at radius 2 is 1.52 bits per heavy atom. The number of hydrogen-bond acceptors (Lipinski definition) is 28. The molecular formula is C59H91N19O18S2. The molecule has 0 spiro atoms. The predicted molar refractivity (Wildman–Crippen MR) is 352 cm³/mol. The van der Waals surface area contributed by atoms with Gasteiger partial charge in [-0.2, -0.15) is 0 Å². The van der Waals surface area contributed by atoms with E-state index in [4.69, 9.17) is 63.8 Å². The van der Waals surface area contributed by atoms with Gasteiger partial charge in [-0.1, -0.05) is 27.7 Å². The van der Waals surface area contributed by atoms with Crippen molar-refractivity contribution in [2.24, 2.45) is 57.1 Å². The summed E-state index contributed by atoms with van der Waals surface area (Å²) in [7, 11) is 0. The predicted octanol–water partition coefficient (Wildman–Crippen LogP) is -4.26. The van der Waals surface area contributed by atoms with Crippen LogP contribution in [0.4, 0.5) is 10.6 Å². The molecule has 4 aromatic heterocycles. The highest BCUT2D eigenvalue weighted by atomic mass is 32.1. The summed E-state index contributed by atoms with van der Waals surface area (Å²) in [5.74, 6) is -8.90. The number of thiazole rings is 1. The quantitative estimate of drug-likeness (QED) is 0.0115. The zero-order chi connectivity index (χ0) is 72.2. The zero-order valence-corrected chi connectivity index (χ0v) is 56.5. The normalized spacial score (nSPS) is 23.6. The van der Waals surface area contributed by atoms with Crippen LogP contribution in [0.2, 0.25) is 0 Å². The Morgan fingerprint density at radius 1 is 0.796 bits per heavy atom. The molecule has 2 aliphatic heterocycles. The van der Waals surface area contributed by atoms with Crippen LogP contribution < -0.4 is 72.0 Å². The molecule has 2 saturated heterocycles. The van der Waals surface area contributed by atoms with E-state index in [1.54, 1.807) is 18.4 Å². The number of H-pyrrole nitrogens is 1. The van der Waals surface area contributed by atoms with Crippen molar-refractivity contribution in [3.8, 4) is 10.6 Å². The highest BCUT2D eigenvalue weighted by Crippen LogP contribution is 2.40.